The number of ketones is 1. The molecule has 0 radical (unpaired) electrons. The van der Waals surface area contributed by atoms with Gasteiger partial charge in [-0.25, -0.2) is 9.97 Å². The zero-order valence-corrected chi connectivity index (χ0v) is 39.8. The van der Waals surface area contributed by atoms with E-state index in [0.29, 0.717) is 54.0 Å². The van der Waals surface area contributed by atoms with Crippen LogP contribution in [-0.4, -0.2) is 116 Å². The van der Waals surface area contributed by atoms with Crippen LogP contribution in [0.4, 0.5) is 17.5 Å². The fourth-order valence-corrected chi connectivity index (χ4v) is 11.2. The number of fused-ring (bicyclic) bond motifs is 2. The van der Waals surface area contributed by atoms with Gasteiger partial charge in [-0.3, -0.25) is 43.7 Å². The molecule has 5 aromatic rings. The minimum Gasteiger partial charge on any atom is -0.494 e. The quantitative estimate of drug-likeness (QED) is 0.0647. The number of anilines is 3. The average Bonchev–Trinajstić information content (AvgIpc) is 4.00. The number of nitrogens with zero attached hydrogens (tertiary/aromatic N) is 8. The third-order valence-corrected chi connectivity index (χ3v) is 15.0. The van der Waals surface area contributed by atoms with Gasteiger partial charge in [-0.05, 0) is 137 Å². The molecule has 1 saturated carbocycles. The predicted octanol–water partition coefficient (Wildman–Crippen LogP) is 6.68. The average molecular weight is 935 g/mol. The van der Waals surface area contributed by atoms with Crippen molar-refractivity contribution in [2.45, 2.75) is 109 Å². The number of carbonyl (C=O) groups excluding carboxylic acids is 4. The zero-order valence-electron chi connectivity index (χ0n) is 39.8. The van der Waals surface area contributed by atoms with Crippen LogP contribution >= 0.6 is 0 Å². The van der Waals surface area contributed by atoms with Crippen LogP contribution in [0.3, 0.4) is 0 Å². The second-order valence-electron chi connectivity index (χ2n) is 19.5. The first kappa shape index (κ1) is 46.2. The first-order valence-corrected chi connectivity index (χ1v) is 24.9. The Balaban J connectivity index is 0.637. The molecule has 69 heavy (non-hydrogen) atoms. The van der Waals surface area contributed by atoms with Crippen LogP contribution < -0.4 is 25.8 Å². The van der Waals surface area contributed by atoms with Gasteiger partial charge in [-0.1, -0.05) is 37.1 Å². The van der Waals surface area contributed by atoms with Gasteiger partial charge in [0.1, 0.15) is 23.3 Å². The minimum atomic E-state index is -0.594. The van der Waals surface area contributed by atoms with E-state index in [0.717, 1.165) is 126 Å². The highest BCUT2D eigenvalue weighted by molar-refractivity contribution is 6.05. The van der Waals surface area contributed by atoms with Crippen molar-refractivity contribution in [3.63, 3.8) is 0 Å². The Morgan fingerprint density at radius 1 is 0.855 bits per heavy atom. The van der Waals surface area contributed by atoms with E-state index in [1.165, 1.54) is 18.1 Å². The summed E-state index contributed by atoms with van der Waals surface area (Å²) in [7, 11) is 0. The van der Waals surface area contributed by atoms with Gasteiger partial charge in [0.25, 0.3) is 11.5 Å². The molecule has 2 N–H and O–H groups in total. The molecule has 10 rings (SSSR count). The van der Waals surface area contributed by atoms with Crippen molar-refractivity contribution in [1.82, 2.24) is 39.5 Å². The maximum Gasteiger partial charge on any atom is 0.263 e. The first-order valence-electron chi connectivity index (χ1n) is 24.9. The molecule has 1 atom stereocenters. The number of imide groups is 1. The number of benzene rings is 2. The molecule has 3 saturated heterocycles. The molecular formula is C53H62N10O6. The predicted molar refractivity (Wildman–Crippen MR) is 263 cm³/mol. The van der Waals surface area contributed by atoms with Crippen molar-refractivity contribution in [3.8, 4) is 5.75 Å². The maximum atomic E-state index is 13.6. The van der Waals surface area contributed by atoms with Gasteiger partial charge in [0.15, 0.2) is 5.78 Å². The number of rotatable bonds is 15. The van der Waals surface area contributed by atoms with Crippen LogP contribution in [0, 0.1) is 6.92 Å². The maximum absolute atomic E-state index is 13.6. The molecule has 1 unspecified atom stereocenters. The zero-order chi connectivity index (χ0) is 47.6. The largest absolute Gasteiger partial charge is 0.494 e. The number of hydrogen-bond donors (Lipinski definition) is 2. The highest BCUT2D eigenvalue weighted by Gasteiger charge is 2.39. The van der Waals surface area contributed by atoms with Crippen molar-refractivity contribution in [2.24, 2.45) is 0 Å². The Morgan fingerprint density at radius 3 is 2.42 bits per heavy atom. The highest BCUT2D eigenvalue weighted by Crippen LogP contribution is 2.35. The molecule has 4 aliphatic heterocycles. The van der Waals surface area contributed by atoms with Crippen molar-refractivity contribution < 1.29 is 23.9 Å². The number of aromatic nitrogens is 4. The fourth-order valence-electron chi connectivity index (χ4n) is 11.2. The number of ether oxygens (including phenoxy) is 1. The van der Waals surface area contributed by atoms with E-state index in [4.69, 9.17) is 9.72 Å². The molecule has 360 valence electrons. The summed E-state index contributed by atoms with van der Waals surface area (Å²) in [6.07, 6.45) is 12.2. The molecule has 0 spiro atoms. The Hall–Kier alpha value is -6.52. The lowest BCUT2D eigenvalue weighted by atomic mass is 9.87. The number of pyridine rings is 2. The molecule has 16 nitrogen and oxygen atoms in total. The van der Waals surface area contributed by atoms with Crippen LogP contribution in [0.15, 0.2) is 71.8 Å². The number of likely N-dealkylation sites (tertiary alicyclic amines) is 1. The normalized spacial score (nSPS) is 19.6. The lowest BCUT2D eigenvalue weighted by molar-refractivity contribution is -0.136. The fraction of sp³-hybridized carbons (Fsp3) is 0.472. The first-order chi connectivity index (χ1) is 33.6. The highest BCUT2D eigenvalue weighted by atomic mass is 16.5. The summed E-state index contributed by atoms with van der Waals surface area (Å²) in [6, 6.07) is 18.1. The van der Waals surface area contributed by atoms with Crippen LogP contribution in [0.1, 0.15) is 126 Å². The van der Waals surface area contributed by atoms with Gasteiger partial charge in [0.05, 0.1) is 24.1 Å². The molecule has 7 heterocycles. The van der Waals surface area contributed by atoms with Gasteiger partial charge >= 0.3 is 0 Å². The molecular weight excluding hydrogens is 873 g/mol. The monoisotopic (exact) mass is 934 g/mol. The number of nitrogens with one attached hydrogen (secondary N) is 2. The van der Waals surface area contributed by atoms with Gasteiger partial charge in [0, 0.05) is 68.9 Å². The number of hydrogen-bond acceptors (Lipinski definition) is 13. The summed E-state index contributed by atoms with van der Waals surface area (Å²) in [6.45, 7) is 12.1. The minimum absolute atomic E-state index is 0.0176. The van der Waals surface area contributed by atoms with Gasteiger partial charge < -0.3 is 19.9 Å². The molecule has 4 fully saturated rings. The molecule has 3 amide bonds. The van der Waals surface area contributed by atoms with Crippen LogP contribution in [0.2, 0.25) is 0 Å². The number of aryl methyl sites for hydroxylation is 1. The standard InChI is InChI=1S/C53H62N10O6/c1-34-44-31-55-53(58-49(44)63(40-9-3-4-10-40)52(68)48(34)35(2)64)56-46-16-13-41(30-54-46)61-25-23-59(24-26-61)20-5-6-27-69-42-11-7-8-36(28-42)32-60-21-18-37(19-22-60)38-12-14-43-39(29-38)33-62(51(43)67)45-15-17-47(65)57-50(45)66/h7-8,11-14,16,28-31,37,40,45H,3-6,9-10,15,17-27,32-33H2,1-2H3,(H,57,65,66)(H,54,55,56,58). The summed E-state index contributed by atoms with van der Waals surface area (Å²) in [5, 5.41) is 6.34. The topological polar surface area (TPSA) is 175 Å². The van der Waals surface area contributed by atoms with Gasteiger partial charge in [-0.2, -0.15) is 4.98 Å². The SMILES string of the molecule is CC(=O)c1c(C)c2cnc(Nc3ccc(N4CCN(CCCCOc5cccc(CN6CCC(c7ccc8c(c7)CN(C7CCC(=O)NC7=O)C8=O)CC6)c5)CC4)cn3)nc2n(C2CCCC2)c1=O. The second-order valence-corrected chi connectivity index (χ2v) is 19.5. The Bertz CT molecular complexity index is 2810. The number of piperazine rings is 1. The second kappa shape index (κ2) is 20.2. The summed E-state index contributed by atoms with van der Waals surface area (Å²) in [4.78, 5) is 86.5. The molecule has 2 aromatic carbocycles. The molecule has 3 aromatic heterocycles. The van der Waals surface area contributed by atoms with E-state index in [9.17, 15) is 24.0 Å². The number of unbranched alkanes of at least 4 members (excludes halogenated alkanes) is 1. The number of carbonyl (C=O) groups is 4. The number of amides is 3. The molecule has 1 aliphatic carbocycles. The summed E-state index contributed by atoms with van der Waals surface area (Å²) >= 11 is 0. The molecule has 0 bridgehead atoms. The van der Waals surface area contributed by atoms with Crippen molar-refractivity contribution >= 4 is 52.0 Å². The van der Waals surface area contributed by atoms with Crippen molar-refractivity contribution in [1.29, 1.82) is 0 Å². The lowest BCUT2D eigenvalue weighted by Crippen LogP contribution is -2.52. The summed E-state index contributed by atoms with van der Waals surface area (Å²) in [5.41, 5.74) is 6.35. The third-order valence-electron chi connectivity index (χ3n) is 15.0. The Labute approximate surface area is 402 Å². The Morgan fingerprint density at radius 2 is 1.67 bits per heavy atom. The van der Waals surface area contributed by atoms with Gasteiger partial charge in [0.2, 0.25) is 17.8 Å². The van der Waals surface area contributed by atoms with E-state index in [2.05, 4.69) is 71.7 Å². The van der Waals surface area contributed by atoms with Crippen LogP contribution in [0.25, 0.3) is 11.0 Å². The van der Waals surface area contributed by atoms with Crippen LogP contribution in [0.5, 0.6) is 5.75 Å². The number of piperidine rings is 2. The van der Waals surface area contributed by atoms with Crippen molar-refractivity contribution in [3.05, 3.63) is 111 Å². The Kier molecular flexibility index (Phi) is 13.5. The van der Waals surface area contributed by atoms with E-state index in [1.54, 1.807) is 22.6 Å². The van der Waals surface area contributed by atoms with Crippen molar-refractivity contribution in [2.75, 3.05) is 62.6 Å². The van der Waals surface area contributed by atoms with E-state index < -0.39 is 6.04 Å². The lowest BCUT2D eigenvalue weighted by Gasteiger charge is -2.36. The third kappa shape index (κ3) is 10.0. The van der Waals surface area contributed by atoms with E-state index in [1.807, 2.05) is 24.4 Å². The number of Topliss-reactive ketones (excluding diaryl/α,β-unsaturated/α-hetero) is 1. The van der Waals surface area contributed by atoms with Gasteiger partial charge in [-0.15, -0.1) is 0 Å². The van der Waals surface area contributed by atoms with Crippen LogP contribution in [-0.2, 0) is 22.7 Å². The smallest absolute Gasteiger partial charge is 0.263 e. The van der Waals surface area contributed by atoms with E-state index in [-0.39, 0.29) is 47.1 Å². The molecule has 16 heteroatoms. The summed E-state index contributed by atoms with van der Waals surface area (Å²) in [5.74, 6) is 1.30. The molecule has 5 aliphatic rings. The van der Waals surface area contributed by atoms with E-state index >= 15 is 0 Å². The summed E-state index contributed by atoms with van der Waals surface area (Å²) < 4.78 is 7.96.